The molecule has 208 valence electrons. The van der Waals surface area contributed by atoms with Crippen LogP contribution in [0.15, 0.2) is 54.9 Å². The predicted molar refractivity (Wildman–Crippen MR) is 149 cm³/mol. The number of ether oxygens (including phenoxy) is 3. The summed E-state index contributed by atoms with van der Waals surface area (Å²) >= 11 is 0. The molecule has 2 amide bonds. The van der Waals surface area contributed by atoms with Gasteiger partial charge in [0.2, 0.25) is 5.91 Å². The van der Waals surface area contributed by atoms with Crippen molar-refractivity contribution in [3.8, 4) is 5.75 Å². The van der Waals surface area contributed by atoms with Crippen molar-refractivity contribution in [2.45, 2.75) is 13.0 Å². The molecule has 0 radical (unpaired) electrons. The second-order valence-corrected chi connectivity index (χ2v) is 9.93. The Balaban J connectivity index is 1.28. The molecule has 0 unspecified atom stereocenters. The maximum Gasteiger partial charge on any atom is 0.256 e. The van der Waals surface area contributed by atoms with Crippen LogP contribution in [0.25, 0.3) is 0 Å². The Bertz CT molecular complexity index is 1420. The number of methoxy groups -OCH3 is 1. The van der Waals surface area contributed by atoms with Crippen molar-refractivity contribution in [1.29, 1.82) is 5.41 Å². The number of rotatable bonds is 8. The number of pyridine rings is 2. The van der Waals surface area contributed by atoms with Crippen molar-refractivity contribution < 1.29 is 23.8 Å². The molecule has 0 bridgehead atoms. The van der Waals surface area contributed by atoms with Crippen molar-refractivity contribution in [3.05, 3.63) is 66.0 Å². The summed E-state index contributed by atoms with van der Waals surface area (Å²) in [6.07, 6.45) is 2.45. The van der Waals surface area contributed by atoms with Crippen LogP contribution >= 0.6 is 0 Å². The maximum atomic E-state index is 13.0. The molecular formula is C28H31N7O5. The van der Waals surface area contributed by atoms with E-state index < -0.39 is 11.5 Å². The van der Waals surface area contributed by atoms with E-state index in [9.17, 15) is 9.59 Å². The highest BCUT2D eigenvalue weighted by molar-refractivity contribution is 6.08. The van der Waals surface area contributed by atoms with Gasteiger partial charge >= 0.3 is 0 Å². The first-order chi connectivity index (χ1) is 19.3. The number of amides is 2. The number of nitrogens with zero attached hydrogens (tertiary/aromatic N) is 3. The van der Waals surface area contributed by atoms with Gasteiger partial charge in [-0.25, -0.2) is 9.97 Å². The quantitative estimate of drug-likeness (QED) is 0.311. The zero-order valence-electron chi connectivity index (χ0n) is 22.3. The van der Waals surface area contributed by atoms with Gasteiger partial charge in [0.1, 0.15) is 23.5 Å². The molecule has 4 heterocycles. The third kappa shape index (κ3) is 5.58. The number of nitrogens with two attached hydrogens (primary N) is 1. The van der Waals surface area contributed by atoms with Crippen LogP contribution in [0.2, 0.25) is 0 Å². The minimum absolute atomic E-state index is 0.0127. The molecule has 3 aromatic rings. The van der Waals surface area contributed by atoms with Crippen LogP contribution in [0.4, 0.5) is 23.0 Å². The average molecular weight is 546 g/mol. The van der Waals surface area contributed by atoms with Gasteiger partial charge in [0.15, 0.2) is 0 Å². The summed E-state index contributed by atoms with van der Waals surface area (Å²) in [7, 11) is 1.54. The molecule has 0 saturated carbocycles. The minimum atomic E-state index is -0.624. The van der Waals surface area contributed by atoms with Gasteiger partial charge in [0.25, 0.3) is 5.91 Å². The highest BCUT2D eigenvalue weighted by atomic mass is 16.5. The van der Waals surface area contributed by atoms with E-state index in [0.29, 0.717) is 60.4 Å². The zero-order valence-corrected chi connectivity index (χ0v) is 22.3. The van der Waals surface area contributed by atoms with Gasteiger partial charge in [0, 0.05) is 41.8 Å². The maximum absolute atomic E-state index is 13.0. The molecule has 2 aliphatic heterocycles. The number of morpholine rings is 1. The lowest BCUT2D eigenvalue weighted by atomic mass is 9.86. The van der Waals surface area contributed by atoms with E-state index in [4.69, 9.17) is 25.4 Å². The lowest BCUT2D eigenvalue weighted by Crippen LogP contribution is -2.58. The molecule has 12 heteroatoms. The first kappa shape index (κ1) is 27.0. The van der Waals surface area contributed by atoms with Gasteiger partial charge in [-0.2, -0.15) is 0 Å². The monoisotopic (exact) mass is 545 g/mol. The van der Waals surface area contributed by atoms with Gasteiger partial charge in [-0.05, 0) is 43.3 Å². The molecule has 2 aliphatic rings. The Morgan fingerprint density at radius 3 is 2.60 bits per heavy atom. The van der Waals surface area contributed by atoms with E-state index in [-0.39, 0.29) is 29.9 Å². The van der Waals surface area contributed by atoms with E-state index in [1.54, 1.807) is 60.7 Å². The fourth-order valence-corrected chi connectivity index (χ4v) is 4.57. The molecule has 0 aliphatic carbocycles. The van der Waals surface area contributed by atoms with E-state index >= 15 is 0 Å². The largest absolute Gasteiger partial charge is 0.497 e. The van der Waals surface area contributed by atoms with Gasteiger partial charge < -0.3 is 40.9 Å². The smallest absolute Gasteiger partial charge is 0.256 e. The van der Waals surface area contributed by atoms with Crippen LogP contribution in [0.3, 0.4) is 0 Å². The number of aromatic nitrogens is 2. The van der Waals surface area contributed by atoms with E-state index in [1.165, 1.54) is 6.20 Å². The summed E-state index contributed by atoms with van der Waals surface area (Å²) in [5.41, 5.74) is 7.89. The second kappa shape index (κ2) is 11.3. The highest BCUT2D eigenvalue weighted by Crippen LogP contribution is 2.31. The first-order valence-corrected chi connectivity index (χ1v) is 12.8. The molecular weight excluding hydrogens is 514 g/mol. The standard InChI is InChI=1S/C28H31N7O5/c1-28(15-39-16-28)27(37)35-11-12-40-21(14-35)23(29)20-8-10-32-25(30)24(20)33-18-5-3-17(4-6-18)26(36)34-22-13-19(38-2)7-9-31-22/h3-10,13,21,29,33H,11-12,14-16H2,1-2H3,(H2,30,32)(H,31,34,36)/t21-/m1/s1. The Kier molecular flexibility index (Phi) is 7.63. The van der Waals surface area contributed by atoms with Crippen molar-refractivity contribution in [1.82, 2.24) is 14.9 Å². The van der Waals surface area contributed by atoms with E-state index in [1.807, 2.05) is 6.92 Å². The van der Waals surface area contributed by atoms with Crippen LogP contribution in [0, 0.1) is 10.8 Å². The molecule has 2 saturated heterocycles. The molecule has 1 aromatic carbocycles. The lowest BCUT2D eigenvalue weighted by molar-refractivity contribution is -0.173. The topological polar surface area (TPSA) is 165 Å². The predicted octanol–water partition coefficient (Wildman–Crippen LogP) is 2.70. The molecule has 0 spiro atoms. The van der Waals surface area contributed by atoms with Gasteiger partial charge in [-0.1, -0.05) is 0 Å². The van der Waals surface area contributed by atoms with Gasteiger partial charge in [-0.15, -0.1) is 0 Å². The van der Waals surface area contributed by atoms with Crippen LogP contribution in [-0.4, -0.2) is 78.5 Å². The third-order valence-electron chi connectivity index (χ3n) is 6.93. The summed E-state index contributed by atoms with van der Waals surface area (Å²) < 4.78 is 16.3. The van der Waals surface area contributed by atoms with Crippen LogP contribution in [-0.2, 0) is 14.3 Å². The van der Waals surface area contributed by atoms with Crippen LogP contribution < -0.4 is 21.1 Å². The summed E-state index contributed by atoms with van der Waals surface area (Å²) in [5, 5.41) is 14.9. The van der Waals surface area contributed by atoms with E-state index in [0.717, 1.165) is 0 Å². The number of nitrogen functional groups attached to an aromatic ring is 1. The number of carbonyl (C=O) groups is 2. The Morgan fingerprint density at radius 1 is 1.15 bits per heavy atom. The molecule has 2 aromatic heterocycles. The van der Waals surface area contributed by atoms with Crippen molar-refractivity contribution in [2.24, 2.45) is 5.41 Å². The Morgan fingerprint density at radius 2 is 1.90 bits per heavy atom. The number of hydrogen-bond donors (Lipinski definition) is 4. The van der Waals surface area contributed by atoms with Gasteiger partial charge in [-0.3, -0.25) is 9.59 Å². The zero-order chi connectivity index (χ0) is 28.3. The van der Waals surface area contributed by atoms with Gasteiger partial charge in [0.05, 0.1) is 50.3 Å². The fraction of sp³-hybridized carbons (Fsp3) is 0.321. The van der Waals surface area contributed by atoms with Crippen molar-refractivity contribution >= 4 is 40.5 Å². The first-order valence-electron chi connectivity index (χ1n) is 12.8. The van der Waals surface area contributed by atoms with Crippen LogP contribution in [0.1, 0.15) is 22.8 Å². The summed E-state index contributed by atoms with van der Waals surface area (Å²) in [5.74, 6) is 0.847. The summed E-state index contributed by atoms with van der Waals surface area (Å²) in [6, 6.07) is 11.8. The molecule has 5 rings (SSSR count). The molecule has 1 atom stereocenters. The molecule has 12 nitrogen and oxygen atoms in total. The SMILES string of the molecule is COc1ccnc(NC(=O)c2ccc(Nc3c(C(=N)[C@H]4CN(C(=O)C5(C)COC5)CCO4)ccnc3N)cc2)c1. The number of benzene rings is 1. The molecule has 5 N–H and O–H groups in total. The second-order valence-electron chi connectivity index (χ2n) is 9.93. The highest BCUT2D eigenvalue weighted by Gasteiger charge is 2.45. The fourth-order valence-electron chi connectivity index (χ4n) is 4.57. The summed E-state index contributed by atoms with van der Waals surface area (Å²) in [6.45, 7) is 3.76. The number of carbonyl (C=O) groups excluding carboxylic acids is 2. The number of nitrogens with one attached hydrogen (secondary N) is 3. The van der Waals surface area contributed by atoms with Crippen molar-refractivity contribution in [2.75, 3.05) is 56.4 Å². The normalized spacial score (nSPS) is 17.9. The number of hydrogen-bond acceptors (Lipinski definition) is 10. The van der Waals surface area contributed by atoms with Crippen molar-refractivity contribution in [3.63, 3.8) is 0 Å². The summed E-state index contributed by atoms with van der Waals surface area (Å²) in [4.78, 5) is 35.8. The van der Waals surface area contributed by atoms with E-state index in [2.05, 4.69) is 20.6 Å². The number of anilines is 4. The molecule has 40 heavy (non-hydrogen) atoms. The Labute approximate surface area is 231 Å². The minimum Gasteiger partial charge on any atom is -0.497 e. The Hall–Kier alpha value is -4.55. The lowest BCUT2D eigenvalue weighted by Gasteiger charge is -2.43. The average Bonchev–Trinajstić information content (AvgIpc) is 2.96. The third-order valence-corrected chi connectivity index (χ3v) is 6.93. The molecule has 2 fully saturated rings. The van der Waals surface area contributed by atoms with Crippen LogP contribution in [0.5, 0.6) is 5.75 Å².